The normalized spacial score (nSPS) is 10.3. The van der Waals surface area contributed by atoms with E-state index in [1.165, 1.54) is 27.9 Å². The van der Waals surface area contributed by atoms with Crippen LogP contribution >= 0.6 is 15.9 Å². The number of carbonyl (C=O) groups is 1. The second kappa shape index (κ2) is 5.41. The van der Waals surface area contributed by atoms with E-state index < -0.39 is 4.92 Å². The molecular weight excluding hydrogens is 328 g/mol. The van der Waals surface area contributed by atoms with Crippen LogP contribution in [-0.4, -0.2) is 39.6 Å². The summed E-state index contributed by atoms with van der Waals surface area (Å²) in [5.41, 5.74) is 0.439. The van der Waals surface area contributed by atoms with Gasteiger partial charge in [0, 0.05) is 30.8 Å². The minimum atomic E-state index is -0.491. The highest BCUT2D eigenvalue weighted by Gasteiger charge is 2.18. The van der Waals surface area contributed by atoms with Crippen LogP contribution in [0.15, 0.2) is 34.9 Å². The van der Waals surface area contributed by atoms with Gasteiger partial charge in [-0.05, 0) is 18.2 Å². The van der Waals surface area contributed by atoms with E-state index in [-0.39, 0.29) is 17.3 Å². The lowest BCUT2D eigenvalue weighted by molar-refractivity contribution is -0.384. The maximum absolute atomic E-state index is 11.8. The molecule has 2 rings (SSSR count). The first kappa shape index (κ1) is 14.2. The summed E-state index contributed by atoms with van der Waals surface area (Å²) in [7, 11) is 3.23. The third-order valence-electron chi connectivity index (χ3n) is 2.60. The van der Waals surface area contributed by atoms with Crippen LogP contribution in [0.5, 0.6) is 0 Å². The van der Waals surface area contributed by atoms with E-state index in [4.69, 9.17) is 0 Å². The third-order valence-corrected chi connectivity index (χ3v) is 3.09. The number of hydrogen-bond acceptors (Lipinski definition) is 4. The summed E-state index contributed by atoms with van der Waals surface area (Å²) in [4.78, 5) is 23.7. The van der Waals surface area contributed by atoms with Gasteiger partial charge in [-0.3, -0.25) is 14.9 Å². The molecular formula is C12H11BrN4O3. The number of aromatic nitrogens is 2. The fraction of sp³-hybridized carbons (Fsp3) is 0.167. The Morgan fingerprint density at radius 2 is 2.10 bits per heavy atom. The molecule has 7 nitrogen and oxygen atoms in total. The molecule has 0 fully saturated rings. The Morgan fingerprint density at radius 1 is 1.40 bits per heavy atom. The van der Waals surface area contributed by atoms with Gasteiger partial charge in [-0.25, -0.2) is 4.68 Å². The molecule has 0 saturated carbocycles. The Bertz CT molecular complexity index is 681. The Balaban J connectivity index is 2.48. The van der Waals surface area contributed by atoms with E-state index >= 15 is 0 Å². The van der Waals surface area contributed by atoms with E-state index in [2.05, 4.69) is 21.0 Å². The summed E-state index contributed by atoms with van der Waals surface area (Å²) in [6, 6.07) is 6.16. The fourth-order valence-corrected chi connectivity index (χ4v) is 1.99. The number of carbonyl (C=O) groups excluding carboxylic acids is 1. The average molecular weight is 339 g/mol. The van der Waals surface area contributed by atoms with Crippen LogP contribution in [0, 0.1) is 10.1 Å². The molecule has 0 saturated heterocycles. The van der Waals surface area contributed by atoms with E-state index in [1.54, 1.807) is 26.2 Å². The van der Waals surface area contributed by atoms with Crippen LogP contribution in [0.3, 0.4) is 0 Å². The van der Waals surface area contributed by atoms with Gasteiger partial charge in [0.2, 0.25) is 0 Å². The number of hydrogen-bond donors (Lipinski definition) is 0. The van der Waals surface area contributed by atoms with Gasteiger partial charge in [-0.15, -0.1) is 0 Å². The molecule has 0 aliphatic carbocycles. The zero-order chi connectivity index (χ0) is 14.9. The number of nitro groups is 1. The lowest BCUT2D eigenvalue weighted by Gasteiger charge is -2.07. The topological polar surface area (TPSA) is 81.3 Å². The maximum Gasteiger partial charge on any atom is 0.295 e. The molecule has 0 bridgehead atoms. The minimum Gasteiger partial charge on any atom is -0.343 e. The summed E-state index contributed by atoms with van der Waals surface area (Å²) in [6.45, 7) is 0. The molecule has 2 aromatic rings. The standard InChI is InChI=1S/C12H11BrN4O3/c1-15(2)12(18)9-5-6-16(14-9)10-4-3-8(13)7-11(10)17(19)20/h3-7H,1-2H3. The predicted molar refractivity (Wildman–Crippen MR) is 75.9 cm³/mol. The quantitative estimate of drug-likeness (QED) is 0.634. The van der Waals surface area contributed by atoms with Crippen molar-refractivity contribution in [2.75, 3.05) is 14.1 Å². The first-order chi connectivity index (χ1) is 9.40. The van der Waals surface area contributed by atoms with Crippen molar-refractivity contribution in [2.45, 2.75) is 0 Å². The first-order valence-corrected chi connectivity index (χ1v) is 6.41. The molecule has 0 aliphatic rings. The molecule has 20 heavy (non-hydrogen) atoms. The lowest BCUT2D eigenvalue weighted by atomic mass is 10.3. The maximum atomic E-state index is 11.8. The van der Waals surface area contributed by atoms with Crippen molar-refractivity contribution < 1.29 is 9.72 Å². The molecule has 104 valence electrons. The van der Waals surface area contributed by atoms with Crippen molar-refractivity contribution in [3.05, 3.63) is 50.7 Å². The number of benzene rings is 1. The summed E-state index contributed by atoms with van der Waals surface area (Å²) in [5, 5.41) is 15.1. The van der Waals surface area contributed by atoms with Crippen LogP contribution in [-0.2, 0) is 0 Å². The molecule has 0 unspecified atom stereocenters. The first-order valence-electron chi connectivity index (χ1n) is 5.62. The van der Waals surface area contributed by atoms with Crippen molar-refractivity contribution in [3.63, 3.8) is 0 Å². The molecule has 1 aromatic carbocycles. The van der Waals surface area contributed by atoms with Gasteiger partial charge in [-0.2, -0.15) is 5.10 Å². The summed E-state index contributed by atoms with van der Waals surface area (Å²) < 4.78 is 1.92. The van der Waals surface area contributed by atoms with E-state index in [0.29, 0.717) is 10.2 Å². The molecule has 0 N–H and O–H groups in total. The molecule has 1 amide bonds. The van der Waals surface area contributed by atoms with E-state index in [9.17, 15) is 14.9 Å². The monoisotopic (exact) mass is 338 g/mol. The third kappa shape index (κ3) is 2.69. The van der Waals surface area contributed by atoms with Gasteiger partial charge in [0.1, 0.15) is 5.69 Å². The molecule has 0 atom stereocenters. The average Bonchev–Trinajstić information content (AvgIpc) is 2.86. The van der Waals surface area contributed by atoms with Gasteiger partial charge in [0.25, 0.3) is 11.6 Å². The molecule has 0 spiro atoms. The summed E-state index contributed by atoms with van der Waals surface area (Å²) >= 11 is 3.19. The Hall–Kier alpha value is -2.22. The zero-order valence-electron chi connectivity index (χ0n) is 10.8. The van der Waals surface area contributed by atoms with Crippen molar-refractivity contribution >= 4 is 27.5 Å². The van der Waals surface area contributed by atoms with Crippen molar-refractivity contribution in [3.8, 4) is 5.69 Å². The Kier molecular flexibility index (Phi) is 3.84. The lowest BCUT2D eigenvalue weighted by Crippen LogP contribution is -2.22. The highest BCUT2D eigenvalue weighted by atomic mass is 79.9. The van der Waals surface area contributed by atoms with Gasteiger partial charge in [0.05, 0.1) is 4.92 Å². The van der Waals surface area contributed by atoms with Crippen molar-refractivity contribution in [1.29, 1.82) is 0 Å². The predicted octanol–water partition coefficient (Wildman–Crippen LogP) is 2.24. The van der Waals surface area contributed by atoms with Gasteiger partial charge in [0.15, 0.2) is 5.69 Å². The van der Waals surface area contributed by atoms with Crippen LogP contribution in [0.25, 0.3) is 5.69 Å². The second-order valence-electron chi connectivity index (χ2n) is 4.24. The van der Waals surface area contributed by atoms with Crippen LogP contribution in [0.4, 0.5) is 5.69 Å². The van der Waals surface area contributed by atoms with Crippen LogP contribution < -0.4 is 0 Å². The largest absolute Gasteiger partial charge is 0.343 e. The van der Waals surface area contributed by atoms with Gasteiger partial charge in [-0.1, -0.05) is 15.9 Å². The molecule has 1 heterocycles. The van der Waals surface area contributed by atoms with Crippen LogP contribution in [0.1, 0.15) is 10.5 Å². The molecule has 1 aromatic heterocycles. The summed E-state index contributed by atoms with van der Waals surface area (Å²) in [5.74, 6) is -0.261. The SMILES string of the molecule is CN(C)C(=O)c1ccn(-c2ccc(Br)cc2[N+](=O)[O-])n1. The Labute approximate surface area is 123 Å². The van der Waals surface area contributed by atoms with Crippen molar-refractivity contribution in [2.24, 2.45) is 0 Å². The van der Waals surface area contributed by atoms with Gasteiger partial charge >= 0.3 is 0 Å². The van der Waals surface area contributed by atoms with Gasteiger partial charge < -0.3 is 4.90 Å². The van der Waals surface area contributed by atoms with E-state index in [1.807, 2.05) is 0 Å². The zero-order valence-corrected chi connectivity index (χ0v) is 12.4. The number of amides is 1. The van der Waals surface area contributed by atoms with Crippen molar-refractivity contribution in [1.82, 2.24) is 14.7 Å². The summed E-state index contributed by atoms with van der Waals surface area (Å²) in [6.07, 6.45) is 1.52. The minimum absolute atomic E-state index is 0.0914. The highest BCUT2D eigenvalue weighted by Crippen LogP contribution is 2.26. The number of rotatable bonds is 3. The smallest absolute Gasteiger partial charge is 0.295 e. The Morgan fingerprint density at radius 3 is 2.70 bits per heavy atom. The molecule has 0 aliphatic heterocycles. The molecule has 8 heteroatoms. The van der Waals surface area contributed by atoms with E-state index in [0.717, 1.165) is 0 Å². The fourth-order valence-electron chi connectivity index (χ4n) is 1.64. The number of halogens is 1. The second-order valence-corrected chi connectivity index (χ2v) is 5.15. The number of nitrogens with zero attached hydrogens (tertiary/aromatic N) is 4. The van der Waals surface area contributed by atoms with Crippen LogP contribution in [0.2, 0.25) is 0 Å². The number of nitro benzene ring substituents is 1. The molecule has 0 radical (unpaired) electrons. The highest BCUT2D eigenvalue weighted by molar-refractivity contribution is 9.10.